The quantitative estimate of drug-likeness (QED) is 0.926. The highest BCUT2D eigenvalue weighted by atomic mass is 16.2. The molecule has 106 valence electrons. The first-order valence-electron chi connectivity index (χ1n) is 6.56. The number of carbonyl (C=O) groups excluding carboxylic acids is 1. The minimum atomic E-state index is -0.0876. The van der Waals surface area contributed by atoms with Gasteiger partial charge >= 0.3 is 6.03 Å². The molecule has 20 heavy (non-hydrogen) atoms. The summed E-state index contributed by atoms with van der Waals surface area (Å²) in [4.78, 5) is 13.6. The molecule has 5 nitrogen and oxygen atoms in total. The van der Waals surface area contributed by atoms with Crippen LogP contribution in [0.15, 0.2) is 36.7 Å². The number of carbonyl (C=O) groups is 1. The molecule has 1 heterocycles. The lowest BCUT2D eigenvalue weighted by Gasteiger charge is -2.17. The van der Waals surface area contributed by atoms with Crippen LogP contribution < -0.4 is 5.32 Å². The molecule has 0 bridgehead atoms. The van der Waals surface area contributed by atoms with E-state index in [1.807, 2.05) is 38.4 Å². The monoisotopic (exact) mass is 272 g/mol. The molecular formula is C15H20N4O. The van der Waals surface area contributed by atoms with Crippen LogP contribution in [0.5, 0.6) is 0 Å². The van der Waals surface area contributed by atoms with Gasteiger partial charge in [-0.2, -0.15) is 5.10 Å². The van der Waals surface area contributed by atoms with E-state index in [2.05, 4.69) is 16.5 Å². The van der Waals surface area contributed by atoms with Crippen molar-refractivity contribution < 1.29 is 4.79 Å². The number of nitrogens with one attached hydrogen (secondary N) is 1. The highest BCUT2D eigenvalue weighted by molar-refractivity contribution is 5.73. The second-order valence-corrected chi connectivity index (χ2v) is 5.03. The van der Waals surface area contributed by atoms with E-state index < -0.39 is 0 Å². The summed E-state index contributed by atoms with van der Waals surface area (Å²) in [5.74, 6) is 0. The molecule has 0 saturated heterocycles. The summed E-state index contributed by atoms with van der Waals surface area (Å²) >= 11 is 0. The van der Waals surface area contributed by atoms with Crippen LogP contribution in [0.1, 0.15) is 16.7 Å². The first-order chi connectivity index (χ1) is 9.54. The van der Waals surface area contributed by atoms with Gasteiger partial charge in [0, 0.05) is 32.4 Å². The normalized spacial score (nSPS) is 10.3. The fourth-order valence-corrected chi connectivity index (χ4v) is 2.03. The third-order valence-corrected chi connectivity index (χ3v) is 3.05. The van der Waals surface area contributed by atoms with E-state index in [0.717, 1.165) is 11.1 Å². The Bertz CT molecular complexity index is 591. The van der Waals surface area contributed by atoms with Gasteiger partial charge in [-0.25, -0.2) is 4.79 Å². The summed E-state index contributed by atoms with van der Waals surface area (Å²) in [5.41, 5.74) is 3.31. The predicted molar refractivity (Wildman–Crippen MR) is 78.1 cm³/mol. The molecule has 0 saturated carbocycles. The zero-order valence-electron chi connectivity index (χ0n) is 12.1. The van der Waals surface area contributed by atoms with Gasteiger partial charge in [-0.15, -0.1) is 0 Å². The molecule has 0 fully saturated rings. The molecular weight excluding hydrogens is 252 g/mol. The largest absolute Gasteiger partial charge is 0.334 e. The van der Waals surface area contributed by atoms with Crippen LogP contribution in [0.4, 0.5) is 4.79 Å². The number of nitrogens with zero attached hydrogens (tertiary/aromatic N) is 3. The third kappa shape index (κ3) is 3.85. The summed E-state index contributed by atoms with van der Waals surface area (Å²) in [6.45, 7) is 3.13. The Morgan fingerprint density at radius 1 is 1.40 bits per heavy atom. The Morgan fingerprint density at radius 2 is 2.20 bits per heavy atom. The van der Waals surface area contributed by atoms with E-state index >= 15 is 0 Å². The molecule has 0 atom stereocenters. The number of aryl methyl sites for hydroxylation is 2. The first-order valence-corrected chi connectivity index (χ1v) is 6.56. The topological polar surface area (TPSA) is 50.2 Å². The van der Waals surface area contributed by atoms with E-state index in [9.17, 15) is 4.79 Å². The molecule has 1 aromatic heterocycles. The summed E-state index contributed by atoms with van der Waals surface area (Å²) in [6.07, 6.45) is 3.68. The summed E-state index contributed by atoms with van der Waals surface area (Å²) in [6, 6.07) is 8.03. The summed E-state index contributed by atoms with van der Waals surface area (Å²) in [7, 11) is 3.64. The Kier molecular flexibility index (Phi) is 4.40. The number of hydrogen-bond acceptors (Lipinski definition) is 2. The van der Waals surface area contributed by atoms with E-state index in [1.54, 1.807) is 22.8 Å². The van der Waals surface area contributed by atoms with Crippen LogP contribution in [0, 0.1) is 6.92 Å². The summed E-state index contributed by atoms with van der Waals surface area (Å²) in [5, 5.41) is 7.00. The predicted octanol–water partition coefficient (Wildman–Crippen LogP) is 2.07. The van der Waals surface area contributed by atoms with Crippen molar-refractivity contribution in [1.82, 2.24) is 20.0 Å². The molecule has 2 amide bonds. The Hall–Kier alpha value is -2.30. The number of amides is 2. The van der Waals surface area contributed by atoms with Crippen molar-refractivity contribution in [3.8, 4) is 0 Å². The molecule has 1 N–H and O–H groups in total. The highest BCUT2D eigenvalue weighted by Gasteiger charge is 2.09. The van der Waals surface area contributed by atoms with Gasteiger partial charge in [-0.1, -0.05) is 29.8 Å². The fourth-order valence-electron chi connectivity index (χ4n) is 2.03. The van der Waals surface area contributed by atoms with Crippen molar-refractivity contribution >= 4 is 6.03 Å². The van der Waals surface area contributed by atoms with Gasteiger partial charge in [0.15, 0.2) is 0 Å². The van der Waals surface area contributed by atoms with Crippen LogP contribution in [-0.4, -0.2) is 27.8 Å². The van der Waals surface area contributed by atoms with Gasteiger partial charge in [-0.05, 0) is 12.5 Å². The van der Waals surface area contributed by atoms with Gasteiger partial charge in [-0.3, -0.25) is 4.68 Å². The van der Waals surface area contributed by atoms with Crippen molar-refractivity contribution in [2.45, 2.75) is 20.0 Å². The molecule has 1 aromatic carbocycles. The number of rotatable bonds is 4. The number of hydrogen-bond donors (Lipinski definition) is 1. The van der Waals surface area contributed by atoms with Crippen molar-refractivity contribution in [2.75, 3.05) is 7.05 Å². The maximum Gasteiger partial charge on any atom is 0.317 e. The maximum absolute atomic E-state index is 12.0. The third-order valence-electron chi connectivity index (χ3n) is 3.05. The van der Waals surface area contributed by atoms with Gasteiger partial charge in [0.25, 0.3) is 0 Å². The lowest BCUT2D eigenvalue weighted by molar-refractivity contribution is 0.206. The van der Waals surface area contributed by atoms with Gasteiger partial charge < -0.3 is 10.2 Å². The molecule has 0 radical (unpaired) electrons. The zero-order valence-corrected chi connectivity index (χ0v) is 12.1. The van der Waals surface area contributed by atoms with E-state index in [0.29, 0.717) is 13.1 Å². The average molecular weight is 272 g/mol. The number of benzene rings is 1. The van der Waals surface area contributed by atoms with E-state index in [1.165, 1.54) is 5.56 Å². The average Bonchev–Trinajstić information content (AvgIpc) is 2.81. The highest BCUT2D eigenvalue weighted by Crippen LogP contribution is 2.05. The first kappa shape index (κ1) is 14.1. The molecule has 0 aliphatic carbocycles. The van der Waals surface area contributed by atoms with Crippen molar-refractivity contribution in [3.63, 3.8) is 0 Å². The minimum Gasteiger partial charge on any atom is -0.334 e. The second-order valence-electron chi connectivity index (χ2n) is 5.03. The number of urea groups is 1. The lowest BCUT2D eigenvalue weighted by Crippen LogP contribution is -2.36. The number of aromatic nitrogens is 2. The van der Waals surface area contributed by atoms with Gasteiger partial charge in [0.05, 0.1) is 12.7 Å². The molecule has 0 unspecified atom stereocenters. The lowest BCUT2D eigenvalue weighted by atomic mass is 10.1. The fraction of sp³-hybridized carbons (Fsp3) is 0.333. The maximum atomic E-state index is 12.0. The van der Waals surface area contributed by atoms with Gasteiger partial charge in [0.2, 0.25) is 0 Å². The molecule has 2 aromatic rings. The van der Waals surface area contributed by atoms with E-state index in [-0.39, 0.29) is 6.03 Å². The Balaban J connectivity index is 1.85. The van der Waals surface area contributed by atoms with E-state index in [4.69, 9.17) is 0 Å². The standard InChI is InChI=1S/C15H20N4O/c1-12-5-4-6-13(7-12)8-16-15(20)18(2)10-14-9-17-19(3)11-14/h4-7,9,11H,8,10H2,1-3H3,(H,16,20). The van der Waals surface area contributed by atoms with Crippen LogP contribution in [0.2, 0.25) is 0 Å². The van der Waals surface area contributed by atoms with Gasteiger partial charge in [0.1, 0.15) is 0 Å². The minimum absolute atomic E-state index is 0.0876. The van der Waals surface area contributed by atoms with Crippen molar-refractivity contribution in [3.05, 3.63) is 53.3 Å². The van der Waals surface area contributed by atoms with Crippen LogP contribution in [0.3, 0.4) is 0 Å². The van der Waals surface area contributed by atoms with Crippen molar-refractivity contribution in [1.29, 1.82) is 0 Å². The molecule has 2 rings (SSSR count). The van der Waals surface area contributed by atoms with Crippen LogP contribution in [0.25, 0.3) is 0 Å². The Morgan fingerprint density at radius 3 is 2.85 bits per heavy atom. The summed E-state index contributed by atoms with van der Waals surface area (Å²) < 4.78 is 1.73. The molecule has 0 aliphatic rings. The van der Waals surface area contributed by atoms with Crippen molar-refractivity contribution in [2.24, 2.45) is 7.05 Å². The second kappa shape index (κ2) is 6.23. The van der Waals surface area contributed by atoms with Crippen LogP contribution in [-0.2, 0) is 20.1 Å². The molecule has 5 heteroatoms. The SMILES string of the molecule is Cc1cccc(CNC(=O)N(C)Cc2cnn(C)c2)c1. The molecule has 0 aliphatic heterocycles. The van der Waals surface area contributed by atoms with Crippen LogP contribution >= 0.6 is 0 Å². The zero-order chi connectivity index (χ0) is 14.5. The Labute approximate surface area is 119 Å². The molecule has 0 spiro atoms. The smallest absolute Gasteiger partial charge is 0.317 e.